The maximum atomic E-state index is 10.9. The minimum atomic E-state index is -1.05. The monoisotopic (exact) mass is 279 g/mol. The van der Waals surface area contributed by atoms with Gasteiger partial charge in [-0.2, -0.15) is 0 Å². The number of nitrogens with one attached hydrogen (secondary N) is 1. The first-order valence-electron chi connectivity index (χ1n) is 5.80. The van der Waals surface area contributed by atoms with Gasteiger partial charge in [-0.1, -0.05) is 11.6 Å². The third kappa shape index (κ3) is 3.09. The van der Waals surface area contributed by atoms with E-state index >= 15 is 0 Å². The fourth-order valence-corrected chi connectivity index (χ4v) is 2.08. The molecule has 100 valence electrons. The molecule has 4 nitrogen and oxygen atoms in total. The normalized spacial score (nSPS) is 10.5. The fourth-order valence-electron chi connectivity index (χ4n) is 1.86. The molecule has 0 fully saturated rings. The number of hydrogen-bond donors (Lipinski definition) is 2. The van der Waals surface area contributed by atoms with Crippen LogP contribution in [0.2, 0.25) is 5.02 Å². The summed E-state index contributed by atoms with van der Waals surface area (Å²) in [4.78, 5) is 10.9. The molecule has 1 aromatic carbocycles. The first-order chi connectivity index (χ1) is 8.97. The Morgan fingerprint density at radius 3 is 2.63 bits per heavy atom. The number of furan rings is 1. The molecular weight excluding hydrogens is 266 g/mol. The van der Waals surface area contributed by atoms with E-state index in [0.29, 0.717) is 22.9 Å². The van der Waals surface area contributed by atoms with Gasteiger partial charge in [0.15, 0.2) is 0 Å². The maximum Gasteiger partial charge on any atom is 0.372 e. The van der Waals surface area contributed by atoms with Crippen molar-refractivity contribution in [3.8, 4) is 0 Å². The zero-order chi connectivity index (χ0) is 14.0. The highest BCUT2D eigenvalue weighted by Crippen LogP contribution is 2.21. The number of hydrogen-bond acceptors (Lipinski definition) is 3. The molecule has 2 N–H and O–H groups in total. The lowest BCUT2D eigenvalue weighted by Crippen LogP contribution is -2.00. The van der Waals surface area contributed by atoms with Gasteiger partial charge < -0.3 is 14.8 Å². The summed E-state index contributed by atoms with van der Waals surface area (Å²) >= 11 is 5.88. The number of benzene rings is 1. The van der Waals surface area contributed by atoms with Gasteiger partial charge in [0.1, 0.15) is 5.76 Å². The molecule has 1 heterocycles. The predicted molar refractivity (Wildman–Crippen MR) is 73.9 cm³/mol. The molecule has 1 aromatic heterocycles. The van der Waals surface area contributed by atoms with Crippen molar-refractivity contribution < 1.29 is 14.3 Å². The molecule has 2 rings (SSSR count). The summed E-state index contributed by atoms with van der Waals surface area (Å²) in [6.07, 6.45) is 0. The lowest BCUT2D eigenvalue weighted by Gasteiger charge is -2.08. The number of rotatable bonds is 4. The summed E-state index contributed by atoms with van der Waals surface area (Å²) in [6.45, 7) is 4.09. The second kappa shape index (κ2) is 5.36. The Hall–Kier alpha value is -1.94. The molecule has 0 spiro atoms. The van der Waals surface area contributed by atoms with Gasteiger partial charge in [-0.15, -0.1) is 0 Å². The number of carbonyl (C=O) groups is 1. The standard InChI is InChI=1S/C14H14ClNO3/c1-8-5-10(15)3-4-12(8)16-7-11-6-9(2)13(19-11)14(17)18/h3-6,16H,7H2,1-2H3,(H,17,18). The van der Waals surface area contributed by atoms with E-state index in [1.807, 2.05) is 19.1 Å². The van der Waals surface area contributed by atoms with E-state index in [-0.39, 0.29) is 5.76 Å². The van der Waals surface area contributed by atoms with Gasteiger partial charge in [0.25, 0.3) is 0 Å². The van der Waals surface area contributed by atoms with Crippen molar-refractivity contribution in [2.45, 2.75) is 20.4 Å². The zero-order valence-electron chi connectivity index (χ0n) is 10.7. The van der Waals surface area contributed by atoms with E-state index in [2.05, 4.69) is 5.32 Å². The van der Waals surface area contributed by atoms with E-state index in [1.54, 1.807) is 19.1 Å². The lowest BCUT2D eigenvalue weighted by molar-refractivity contribution is 0.0659. The molecule has 0 unspecified atom stereocenters. The van der Waals surface area contributed by atoms with E-state index in [0.717, 1.165) is 11.3 Å². The molecular formula is C14H14ClNO3. The number of carboxylic acid groups (broad SMARTS) is 1. The Morgan fingerprint density at radius 1 is 1.32 bits per heavy atom. The van der Waals surface area contributed by atoms with E-state index in [1.165, 1.54) is 0 Å². The first kappa shape index (κ1) is 13.5. The summed E-state index contributed by atoms with van der Waals surface area (Å²) in [5.41, 5.74) is 2.58. The first-order valence-corrected chi connectivity index (χ1v) is 6.18. The van der Waals surface area contributed by atoms with Crippen molar-refractivity contribution in [1.29, 1.82) is 0 Å². The predicted octanol–water partition coefficient (Wildman–Crippen LogP) is 3.86. The third-order valence-electron chi connectivity index (χ3n) is 2.80. The smallest absolute Gasteiger partial charge is 0.372 e. The van der Waals surface area contributed by atoms with Crippen LogP contribution in [0, 0.1) is 13.8 Å². The van der Waals surface area contributed by atoms with Gasteiger partial charge in [0.2, 0.25) is 5.76 Å². The van der Waals surface area contributed by atoms with Gasteiger partial charge in [-0.25, -0.2) is 4.79 Å². The van der Waals surface area contributed by atoms with Crippen molar-refractivity contribution in [3.05, 3.63) is 51.9 Å². The van der Waals surface area contributed by atoms with Crippen molar-refractivity contribution in [3.63, 3.8) is 0 Å². The molecule has 0 saturated heterocycles. The minimum absolute atomic E-state index is 0.00960. The zero-order valence-corrected chi connectivity index (χ0v) is 11.4. The molecule has 0 aliphatic carbocycles. The van der Waals surface area contributed by atoms with Crippen molar-refractivity contribution in [1.82, 2.24) is 0 Å². The van der Waals surface area contributed by atoms with Crippen LogP contribution in [0.4, 0.5) is 5.69 Å². The minimum Gasteiger partial charge on any atom is -0.475 e. The molecule has 0 radical (unpaired) electrons. The van der Waals surface area contributed by atoms with Crippen LogP contribution in [0.25, 0.3) is 0 Å². The highest BCUT2D eigenvalue weighted by atomic mass is 35.5. The Morgan fingerprint density at radius 2 is 2.05 bits per heavy atom. The summed E-state index contributed by atoms with van der Waals surface area (Å²) in [5.74, 6) is -0.472. The topological polar surface area (TPSA) is 62.5 Å². The number of aryl methyl sites for hydroxylation is 2. The SMILES string of the molecule is Cc1cc(Cl)ccc1NCc1cc(C)c(C(=O)O)o1. The molecule has 0 bridgehead atoms. The number of anilines is 1. The Balaban J connectivity index is 2.10. The number of aromatic carboxylic acids is 1. The molecule has 0 saturated carbocycles. The van der Waals surface area contributed by atoms with Gasteiger partial charge >= 0.3 is 5.97 Å². The number of halogens is 1. The molecule has 5 heteroatoms. The Kier molecular flexibility index (Phi) is 3.81. The van der Waals surface area contributed by atoms with Crippen molar-refractivity contribution >= 4 is 23.3 Å². The van der Waals surface area contributed by atoms with Crippen LogP contribution in [-0.4, -0.2) is 11.1 Å². The van der Waals surface area contributed by atoms with Gasteiger partial charge in [-0.05, 0) is 43.7 Å². The largest absolute Gasteiger partial charge is 0.475 e. The van der Waals surface area contributed by atoms with Gasteiger partial charge in [0, 0.05) is 16.3 Å². The quantitative estimate of drug-likeness (QED) is 0.892. The Labute approximate surface area is 116 Å². The second-order valence-corrected chi connectivity index (χ2v) is 4.78. The summed E-state index contributed by atoms with van der Waals surface area (Å²) < 4.78 is 5.27. The van der Waals surface area contributed by atoms with Crippen LogP contribution in [0.3, 0.4) is 0 Å². The summed E-state index contributed by atoms with van der Waals surface area (Å²) in [6, 6.07) is 7.26. The highest BCUT2D eigenvalue weighted by Gasteiger charge is 2.14. The fraction of sp³-hybridized carbons (Fsp3) is 0.214. The van der Waals surface area contributed by atoms with Crippen LogP contribution in [0.5, 0.6) is 0 Å². The molecule has 0 amide bonds. The molecule has 0 aliphatic rings. The molecule has 2 aromatic rings. The van der Waals surface area contributed by atoms with Crippen LogP contribution in [-0.2, 0) is 6.54 Å². The van der Waals surface area contributed by atoms with E-state index in [9.17, 15) is 4.79 Å². The van der Waals surface area contributed by atoms with E-state index < -0.39 is 5.97 Å². The lowest BCUT2D eigenvalue weighted by atomic mass is 10.2. The maximum absolute atomic E-state index is 10.9. The summed E-state index contributed by atoms with van der Waals surface area (Å²) in [5, 5.41) is 12.8. The average molecular weight is 280 g/mol. The summed E-state index contributed by atoms with van der Waals surface area (Å²) in [7, 11) is 0. The third-order valence-corrected chi connectivity index (χ3v) is 3.04. The van der Waals surface area contributed by atoms with Crippen LogP contribution in [0.15, 0.2) is 28.7 Å². The van der Waals surface area contributed by atoms with E-state index in [4.69, 9.17) is 21.1 Å². The van der Waals surface area contributed by atoms with Crippen LogP contribution < -0.4 is 5.32 Å². The molecule has 19 heavy (non-hydrogen) atoms. The highest BCUT2D eigenvalue weighted by molar-refractivity contribution is 6.30. The second-order valence-electron chi connectivity index (χ2n) is 4.34. The molecule has 0 aliphatic heterocycles. The van der Waals surface area contributed by atoms with Gasteiger partial charge in [0.05, 0.1) is 6.54 Å². The van der Waals surface area contributed by atoms with Crippen molar-refractivity contribution in [2.24, 2.45) is 0 Å². The van der Waals surface area contributed by atoms with Crippen LogP contribution >= 0.6 is 11.6 Å². The van der Waals surface area contributed by atoms with Crippen LogP contribution in [0.1, 0.15) is 27.4 Å². The molecule has 0 atom stereocenters. The Bertz CT molecular complexity index is 619. The average Bonchev–Trinajstić information content (AvgIpc) is 2.69. The van der Waals surface area contributed by atoms with Gasteiger partial charge in [-0.3, -0.25) is 0 Å². The van der Waals surface area contributed by atoms with Crippen molar-refractivity contribution in [2.75, 3.05) is 5.32 Å². The number of carboxylic acids is 1.